The Morgan fingerprint density at radius 2 is 2.44 bits per heavy atom. The summed E-state index contributed by atoms with van der Waals surface area (Å²) in [6, 6.07) is 0. The van der Waals surface area contributed by atoms with Crippen molar-refractivity contribution in [2.75, 3.05) is 5.75 Å². The maximum absolute atomic E-state index is 10.8. The van der Waals surface area contributed by atoms with Gasteiger partial charge in [0.25, 0.3) is 0 Å². The Bertz CT molecular complexity index is 126. The van der Waals surface area contributed by atoms with Crippen molar-refractivity contribution >= 4 is 33.5 Å². The van der Waals surface area contributed by atoms with Crippen molar-refractivity contribution in [3.8, 4) is 0 Å². The van der Waals surface area contributed by atoms with Crippen molar-refractivity contribution in [2.45, 2.75) is 23.4 Å². The van der Waals surface area contributed by atoms with Gasteiger partial charge in [-0.15, -0.1) is 11.8 Å². The second-order valence-corrected chi connectivity index (χ2v) is 4.63. The van der Waals surface area contributed by atoms with E-state index in [4.69, 9.17) is 0 Å². The molecule has 52 valence electrons. The Morgan fingerprint density at radius 1 is 1.78 bits per heavy atom. The van der Waals surface area contributed by atoms with E-state index in [1.807, 2.05) is 0 Å². The van der Waals surface area contributed by atoms with Gasteiger partial charge in [-0.3, -0.25) is 4.79 Å². The van der Waals surface area contributed by atoms with E-state index in [1.165, 1.54) is 0 Å². The summed E-state index contributed by atoms with van der Waals surface area (Å²) in [4.78, 5) is 11.2. The van der Waals surface area contributed by atoms with Crippen LogP contribution in [0.5, 0.6) is 0 Å². The predicted octanol–water partition coefficient (Wildman–Crippen LogP) is 1.84. The lowest BCUT2D eigenvalue weighted by Gasteiger charge is -2.06. The number of alkyl halides is 1. The summed E-state index contributed by atoms with van der Waals surface area (Å²) in [7, 11) is 0. The molecule has 1 aliphatic heterocycles. The molecule has 0 amide bonds. The van der Waals surface area contributed by atoms with Gasteiger partial charge in [-0.2, -0.15) is 0 Å². The van der Waals surface area contributed by atoms with E-state index in [9.17, 15) is 4.79 Å². The first-order chi connectivity index (χ1) is 4.22. The second-order valence-electron chi connectivity index (χ2n) is 2.21. The molecule has 1 nitrogen and oxygen atoms in total. The van der Waals surface area contributed by atoms with Crippen LogP contribution in [-0.4, -0.2) is 21.6 Å². The molecule has 0 aromatic heterocycles. The average molecular weight is 209 g/mol. The highest BCUT2D eigenvalue weighted by Crippen LogP contribution is 2.32. The van der Waals surface area contributed by atoms with Crippen LogP contribution in [0.1, 0.15) is 13.3 Å². The molecule has 0 spiro atoms. The van der Waals surface area contributed by atoms with E-state index in [-0.39, 0.29) is 5.25 Å². The average Bonchev–Trinajstić information content (AvgIpc) is 2.13. The van der Waals surface area contributed by atoms with Gasteiger partial charge < -0.3 is 0 Å². The highest BCUT2D eigenvalue weighted by molar-refractivity contribution is 9.09. The number of ketones is 1. The van der Waals surface area contributed by atoms with E-state index in [1.54, 1.807) is 18.7 Å². The predicted molar refractivity (Wildman–Crippen MR) is 44.3 cm³/mol. The van der Waals surface area contributed by atoms with Gasteiger partial charge in [0.2, 0.25) is 0 Å². The molecule has 9 heavy (non-hydrogen) atoms. The molecule has 3 heteroatoms. The Hall–Kier alpha value is 0.500. The zero-order valence-electron chi connectivity index (χ0n) is 5.26. The maximum atomic E-state index is 10.8. The summed E-state index contributed by atoms with van der Waals surface area (Å²) < 4.78 is 0. The zero-order chi connectivity index (χ0) is 6.85. The number of halogens is 1. The molecule has 0 bridgehead atoms. The minimum absolute atomic E-state index is 0.227. The molecule has 1 saturated heterocycles. The van der Waals surface area contributed by atoms with Gasteiger partial charge in [0.05, 0.1) is 5.25 Å². The Kier molecular flexibility index (Phi) is 2.59. The van der Waals surface area contributed by atoms with E-state index in [0.29, 0.717) is 10.6 Å². The quantitative estimate of drug-likeness (QED) is 0.613. The lowest BCUT2D eigenvalue weighted by Crippen LogP contribution is -2.19. The lowest BCUT2D eigenvalue weighted by atomic mass is 10.2. The van der Waals surface area contributed by atoms with E-state index in [0.717, 1.165) is 12.2 Å². The topological polar surface area (TPSA) is 17.1 Å². The highest BCUT2D eigenvalue weighted by atomic mass is 79.9. The highest BCUT2D eigenvalue weighted by Gasteiger charge is 2.28. The molecule has 0 aromatic rings. The third-order valence-electron chi connectivity index (χ3n) is 1.42. The molecular weight excluding hydrogens is 200 g/mol. The monoisotopic (exact) mass is 208 g/mol. The lowest BCUT2D eigenvalue weighted by molar-refractivity contribution is -0.116. The Morgan fingerprint density at radius 3 is 2.67 bits per heavy atom. The van der Waals surface area contributed by atoms with Crippen LogP contribution in [0, 0.1) is 0 Å². The number of hydrogen-bond acceptors (Lipinski definition) is 2. The first-order valence-electron chi connectivity index (χ1n) is 2.98. The van der Waals surface area contributed by atoms with Gasteiger partial charge >= 0.3 is 0 Å². The van der Waals surface area contributed by atoms with Crippen LogP contribution in [0.2, 0.25) is 0 Å². The summed E-state index contributed by atoms with van der Waals surface area (Å²) in [5.74, 6) is 1.43. The summed E-state index contributed by atoms with van der Waals surface area (Å²) >= 11 is 5.23. The largest absolute Gasteiger partial charge is 0.299 e. The van der Waals surface area contributed by atoms with E-state index >= 15 is 0 Å². The standard InChI is InChI=1S/C6H9BrOS/c1-4(8)6-5(7)2-3-9-6/h5-6H,2-3H2,1H3. The van der Waals surface area contributed by atoms with Crippen molar-refractivity contribution in [3.63, 3.8) is 0 Å². The fraction of sp³-hybridized carbons (Fsp3) is 0.833. The van der Waals surface area contributed by atoms with Crippen LogP contribution in [0.15, 0.2) is 0 Å². The molecule has 1 aliphatic rings. The smallest absolute Gasteiger partial charge is 0.143 e. The van der Waals surface area contributed by atoms with Gasteiger partial charge in [-0.1, -0.05) is 15.9 Å². The van der Waals surface area contributed by atoms with Gasteiger partial charge in [0.15, 0.2) is 0 Å². The molecule has 1 rings (SSSR count). The maximum Gasteiger partial charge on any atom is 0.143 e. The summed E-state index contributed by atoms with van der Waals surface area (Å²) in [5, 5.41) is 0.227. The minimum Gasteiger partial charge on any atom is -0.299 e. The van der Waals surface area contributed by atoms with Crippen LogP contribution in [-0.2, 0) is 4.79 Å². The molecule has 1 fully saturated rings. The van der Waals surface area contributed by atoms with Gasteiger partial charge in [0, 0.05) is 4.83 Å². The molecule has 1 heterocycles. The van der Waals surface area contributed by atoms with Crippen molar-refractivity contribution in [1.82, 2.24) is 0 Å². The zero-order valence-corrected chi connectivity index (χ0v) is 7.67. The number of carbonyl (C=O) groups excluding carboxylic acids is 1. The fourth-order valence-corrected chi connectivity index (χ4v) is 3.52. The SMILES string of the molecule is CC(=O)C1SCCC1Br. The molecule has 0 aromatic carbocycles. The number of thioether (sulfide) groups is 1. The summed E-state index contributed by atoms with van der Waals surface area (Å²) in [6.45, 7) is 1.66. The van der Waals surface area contributed by atoms with Gasteiger partial charge in [-0.05, 0) is 19.1 Å². The molecular formula is C6H9BrOS. The molecule has 0 saturated carbocycles. The molecule has 0 radical (unpaired) electrons. The third-order valence-corrected chi connectivity index (χ3v) is 4.25. The first-order valence-corrected chi connectivity index (χ1v) is 4.94. The Balaban J connectivity index is 2.49. The summed E-state index contributed by atoms with van der Waals surface area (Å²) in [5.41, 5.74) is 0. The molecule has 2 unspecified atom stereocenters. The van der Waals surface area contributed by atoms with Crippen LogP contribution >= 0.6 is 27.7 Å². The van der Waals surface area contributed by atoms with E-state index in [2.05, 4.69) is 15.9 Å². The van der Waals surface area contributed by atoms with E-state index < -0.39 is 0 Å². The number of Topliss-reactive ketones (excluding diaryl/α,β-unsaturated/α-hetero) is 1. The summed E-state index contributed by atoms with van der Waals surface area (Å²) in [6.07, 6.45) is 1.13. The van der Waals surface area contributed by atoms with Crippen LogP contribution in [0.25, 0.3) is 0 Å². The third kappa shape index (κ3) is 1.71. The Labute approximate surface area is 67.7 Å². The van der Waals surface area contributed by atoms with Crippen molar-refractivity contribution in [3.05, 3.63) is 0 Å². The van der Waals surface area contributed by atoms with Crippen molar-refractivity contribution in [1.29, 1.82) is 0 Å². The van der Waals surface area contributed by atoms with Crippen LogP contribution in [0.4, 0.5) is 0 Å². The molecule has 0 N–H and O–H groups in total. The number of rotatable bonds is 1. The fourth-order valence-electron chi connectivity index (χ4n) is 0.935. The van der Waals surface area contributed by atoms with Crippen LogP contribution in [0.3, 0.4) is 0 Å². The second kappa shape index (κ2) is 3.06. The van der Waals surface area contributed by atoms with Gasteiger partial charge in [0.1, 0.15) is 5.78 Å². The van der Waals surface area contributed by atoms with Gasteiger partial charge in [-0.25, -0.2) is 0 Å². The van der Waals surface area contributed by atoms with Crippen molar-refractivity contribution < 1.29 is 4.79 Å². The van der Waals surface area contributed by atoms with Crippen molar-refractivity contribution in [2.24, 2.45) is 0 Å². The first kappa shape index (κ1) is 7.61. The molecule has 2 atom stereocenters. The molecule has 0 aliphatic carbocycles. The number of hydrogen-bond donors (Lipinski definition) is 0. The minimum atomic E-state index is 0.227. The number of carbonyl (C=O) groups is 1. The normalized spacial score (nSPS) is 34.9. The van der Waals surface area contributed by atoms with Crippen LogP contribution < -0.4 is 0 Å².